The molecule has 4 heteroatoms. The summed E-state index contributed by atoms with van der Waals surface area (Å²) in [6.45, 7) is 2.19. The van der Waals surface area contributed by atoms with Gasteiger partial charge in [0.15, 0.2) is 0 Å². The summed E-state index contributed by atoms with van der Waals surface area (Å²) < 4.78 is 0. The molecule has 5 atom stereocenters. The Morgan fingerprint density at radius 3 is 2.25 bits per heavy atom. The zero-order valence-electron chi connectivity index (χ0n) is 9.30. The van der Waals surface area contributed by atoms with Crippen LogP contribution in [0.1, 0.15) is 13.3 Å². The van der Waals surface area contributed by atoms with Crippen molar-refractivity contribution in [3.63, 3.8) is 0 Å². The Kier molecular flexibility index (Phi) is 1.98. The number of hydrogen-bond acceptors (Lipinski definition) is 3. The molecule has 16 heavy (non-hydrogen) atoms. The van der Waals surface area contributed by atoms with Crippen molar-refractivity contribution in [3.05, 3.63) is 12.2 Å². The van der Waals surface area contributed by atoms with Crippen LogP contribution in [-0.4, -0.2) is 29.3 Å². The maximum Gasteiger partial charge on any atom is 0.234 e. The highest BCUT2D eigenvalue weighted by molar-refractivity contribution is 6.06. The molecule has 0 aromatic carbocycles. The van der Waals surface area contributed by atoms with Crippen LogP contribution in [0.4, 0.5) is 0 Å². The number of imide groups is 1. The molecule has 3 rings (SSSR count). The predicted molar refractivity (Wildman–Crippen MR) is 58.1 cm³/mol. The summed E-state index contributed by atoms with van der Waals surface area (Å²) in [5, 5.41) is 0. The monoisotopic (exact) mass is 220 g/mol. The number of allylic oxidation sites excluding steroid dienone is 2. The SMILES string of the molecule is CC(CN)N1C(=O)C2C3C=CC(C3)C2C1=O. The number of carbonyl (C=O) groups is 2. The molecule has 2 bridgehead atoms. The van der Waals surface area contributed by atoms with Gasteiger partial charge in [-0.05, 0) is 25.2 Å². The van der Waals surface area contributed by atoms with E-state index < -0.39 is 0 Å². The first-order valence-corrected chi connectivity index (χ1v) is 5.90. The third-order valence-corrected chi connectivity index (χ3v) is 4.29. The Balaban J connectivity index is 1.94. The number of nitrogens with zero attached hydrogens (tertiary/aromatic N) is 1. The molecule has 3 aliphatic rings. The molecule has 2 aliphatic carbocycles. The zero-order chi connectivity index (χ0) is 11.4. The minimum atomic E-state index is -0.162. The number of likely N-dealkylation sites (tertiary alicyclic amines) is 1. The number of hydrogen-bond donors (Lipinski definition) is 1. The smallest absolute Gasteiger partial charge is 0.234 e. The molecule has 1 saturated heterocycles. The van der Waals surface area contributed by atoms with Crippen molar-refractivity contribution in [2.24, 2.45) is 29.4 Å². The van der Waals surface area contributed by atoms with Gasteiger partial charge in [-0.3, -0.25) is 14.5 Å². The summed E-state index contributed by atoms with van der Waals surface area (Å²) in [6, 6.07) is -0.162. The van der Waals surface area contributed by atoms with Crippen molar-refractivity contribution in [1.82, 2.24) is 4.90 Å². The highest BCUT2D eigenvalue weighted by Crippen LogP contribution is 2.52. The summed E-state index contributed by atoms with van der Waals surface area (Å²) >= 11 is 0. The van der Waals surface area contributed by atoms with Crippen molar-refractivity contribution >= 4 is 11.8 Å². The van der Waals surface area contributed by atoms with Gasteiger partial charge in [-0.15, -0.1) is 0 Å². The Morgan fingerprint density at radius 2 is 1.81 bits per heavy atom. The van der Waals surface area contributed by atoms with E-state index in [0.717, 1.165) is 6.42 Å². The maximum absolute atomic E-state index is 12.2. The van der Waals surface area contributed by atoms with Gasteiger partial charge in [0, 0.05) is 12.6 Å². The average molecular weight is 220 g/mol. The molecule has 2 fully saturated rings. The molecule has 0 spiro atoms. The Bertz CT molecular complexity index is 360. The minimum absolute atomic E-state index is 0.00444. The molecule has 1 heterocycles. The molecule has 0 aromatic rings. The molecule has 0 aromatic heterocycles. The first kappa shape index (κ1) is 10.0. The summed E-state index contributed by atoms with van der Waals surface area (Å²) in [6.07, 6.45) is 5.19. The fourth-order valence-corrected chi connectivity index (χ4v) is 3.47. The van der Waals surface area contributed by atoms with Crippen LogP contribution in [0.15, 0.2) is 12.2 Å². The molecule has 5 unspecified atom stereocenters. The van der Waals surface area contributed by atoms with E-state index in [2.05, 4.69) is 12.2 Å². The van der Waals surface area contributed by atoms with Crippen LogP contribution in [0.25, 0.3) is 0 Å². The van der Waals surface area contributed by atoms with E-state index in [-0.39, 0.29) is 29.7 Å². The van der Waals surface area contributed by atoms with E-state index in [4.69, 9.17) is 5.73 Å². The molecule has 2 N–H and O–H groups in total. The second-order valence-corrected chi connectivity index (χ2v) is 5.13. The number of fused-ring (bicyclic) bond motifs is 5. The molecule has 4 nitrogen and oxygen atoms in total. The Hall–Kier alpha value is -1.16. The molecule has 2 amide bonds. The third kappa shape index (κ3) is 1.03. The summed E-state index contributed by atoms with van der Waals surface area (Å²) in [5.41, 5.74) is 5.55. The van der Waals surface area contributed by atoms with Gasteiger partial charge in [0.05, 0.1) is 11.8 Å². The van der Waals surface area contributed by atoms with Gasteiger partial charge in [0.2, 0.25) is 11.8 Å². The van der Waals surface area contributed by atoms with E-state index in [0.29, 0.717) is 18.4 Å². The predicted octanol–water partition coefficient (Wildman–Crippen LogP) is 0.141. The first-order valence-electron chi connectivity index (χ1n) is 5.90. The third-order valence-electron chi connectivity index (χ3n) is 4.29. The van der Waals surface area contributed by atoms with Crippen LogP contribution >= 0.6 is 0 Å². The van der Waals surface area contributed by atoms with Gasteiger partial charge in [0.25, 0.3) is 0 Å². The number of carbonyl (C=O) groups excluding carboxylic acids is 2. The summed E-state index contributed by atoms with van der Waals surface area (Å²) in [7, 11) is 0. The molecule has 0 radical (unpaired) electrons. The second-order valence-electron chi connectivity index (χ2n) is 5.13. The summed E-state index contributed by atoms with van der Waals surface area (Å²) in [4.78, 5) is 25.8. The normalized spacial score (nSPS) is 42.0. The van der Waals surface area contributed by atoms with Crippen molar-refractivity contribution in [2.45, 2.75) is 19.4 Å². The molecule has 1 aliphatic heterocycles. The van der Waals surface area contributed by atoms with E-state index in [1.807, 2.05) is 6.92 Å². The fourth-order valence-electron chi connectivity index (χ4n) is 3.47. The van der Waals surface area contributed by atoms with E-state index in [1.54, 1.807) is 0 Å². The molecular weight excluding hydrogens is 204 g/mol. The second kappa shape index (κ2) is 3.17. The van der Waals surface area contributed by atoms with E-state index >= 15 is 0 Å². The Labute approximate surface area is 94.5 Å². The van der Waals surface area contributed by atoms with Gasteiger partial charge in [-0.25, -0.2) is 0 Å². The minimum Gasteiger partial charge on any atom is -0.328 e. The van der Waals surface area contributed by atoms with Crippen LogP contribution in [0.3, 0.4) is 0 Å². The quantitative estimate of drug-likeness (QED) is 0.532. The zero-order valence-corrected chi connectivity index (χ0v) is 9.30. The van der Waals surface area contributed by atoms with Gasteiger partial charge < -0.3 is 5.73 Å². The lowest BCUT2D eigenvalue weighted by Crippen LogP contribution is -2.43. The van der Waals surface area contributed by atoms with Crippen LogP contribution in [-0.2, 0) is 9.59 Å². The van der Waals surface area contributed by atoms with E-state index in [9.17, 15) is 9.59 Å². The lowest BCUT2D eigenvalue weighted by atomic mass is 9.85. The highest BCUT2D eigenvalue weighted by atomic mass is 16.2. The number of nitrogens with two attached hydrogens (primary N) is 1. The maximum atomic E-state index is 12.2. The molecule has 86 valence electrons. The topological polar surface area (TPSA) is 63.4 Å². The first-order chi connectivity index (χ1) is 7.65. The standard InChI is InChI=1S/C12H16N2O2/c1-6(5-13)14-11(15)9-7-2-3-8(4-7)10(9)12(14)16/h2-3,6-10H,4-5,13H2,1H3. The van der Waals surface area contributed by atoms with Gasteiger partial charge in [-0.1, -0.05) is 12.2 Å². The lowest BCUT2D eigenvalue weighted by Gasteiger charge is -2.23. The molecular formula is C12H16N2O2. The highest BCUT2D eigenvalue weighted by Gasteiger charge is 2.59. The number of amides is 2. The van der Waals surface area contributed by atoms with Crippen molar-refractivity contribution in [1.29, 1.82) is 0 Å². The van der Waals surface area contributed by atoms with Crippen LogP contribution in [0.5, 0.6) is 0 Å². The van der Waals surface area contributed by atoms with Crippen molar-refractivity contribution < 1.29 is 9.59 Å². The number of rotatable bonds is 2. The van der Waals surface area contributed by atoms with E-state index in [1.165, 1.54) is 4.90 Å². The summed E-state index contributed by atoms with van der Waals surface area (Å²) in [5.74, 6) is 0.422. The van der Waals surface area contributed by atoms with Crippen LogP contribution in [0, 0.1) is 23.7 Å². The van der Waals surface area contributed by atoms with Crippen LogP contribution < -0.4 is 5.73 Å². The fraction of sp³-hybridized carbons (Fsp3) is 0.667. The Morgan fingerprint density at radius 1 is 1.31 bits per heavy atom. The average Bonchev–Trinajstić information content (AvgIpc) is 2.92. The largest absolute Gasteiger partial charge is 0.328 e. The van der Waals surface area contributed by atoms with Gasteiger partial charge in [0.1, 0.15) is 0 Å². The molecule has 1 saturated carbocycles. The van der Waals surface area contributed by atoms with Gasteiger partial charge >= 0.3 is 0 Å². The van der Waals surface area contributed by atoms with Crippen molar-refractivity contribution in [2.75, 3.05) is 6.54 Å². The van der Waals surface area contributed by atoms with Gasteiger partial charge in [-0.2, -0.15) is 0 Å². The lowest BCUT2D eigenvalue weighted by molar-refractivity contribution is -0.142. The van der Waals surface area contributed by atoms with Crippen molar-refractivity contribution in [3.8, 4) is 0 Å². The van der Waals surface area contributed by atoms with Crippen LogP contribution in [0.2, 0.25) is 0 Å².